The summed E-state index contributed by atoms with van der Waals surface area (Å²) in [6.07, 6.45) is -0.361. The smallest absolute Gasteiger partial charge is 0.166 e. The molecule has 0 saturated heterocycles. The van der Waals surface area contributed by atoms with Gasteiger partial charge in [-0.05, 0) is 30.5 Å². The van der Waals surface area contributed by atoms with Gasteiger partial charge in [-0.15, -0.1) is 0 Å². The predicted octanol–water partition coefficient (Wildman–Crippen LogP) is 3.88. The van der Waals surface area contributed by atoms with Crippen molar-refractivity contribution in [3.63, 3.8) is 0 Å². The Morgan fingerprint density at radius 3 is 2.43 bits per heavy atom. The SMILES string of the molecule is FC(F)(F)c1cccc(C=C2CC2)c1. The second-order valence-electron chi connectivity index (χ2n) is 3.43. The summed E-state index contributed by atoms with van der Waals surface area (Å²) in [7, 11) is 0. The monoisotopic (exact) mass is 198 g/mol. The quantitative estimate of drug-likeness (QED) is 0.642. The molecular formula is C11H9F3. The largest absolute Gasteiger partial charge is 0.416 e. The van der Waals surface area contributed by atoms with E-state index in [4.69, 9.17) is 0 Å². The van der Waals surface area contributed by atoms with Gasteiger partial charge in [0, 0.05) is 0 Å². The van der Waals surface area contributed by atoms with Crippen molar-refractivity contribution >= 4 is 6.08 Å². The van der Waals surface area contributed by atoms with Gasteiger partial charge in [0.05, 0.1) is 5.56 Å². The molecule has 1 saturated carbocycles. The van der Waals surface area contributed by atoms with Gasteiger partial charge in [0.15, 0.2) is 0 Å². The topological polar surface area (TPSA) is 0 Å². The number of hydrogen-bond acceptors (Lipinski definition) is 0. The molecule has 1 fully saturated rings. The van der Waals surface area contributed by atoms with Crippen LogP contribution in [0.2, 0.25) is 0 Å². The molecule has 0 aliphatic heterocycles. The van der Waals surface area contributed by atoms with E-state index >= 15 is 0 Å². The highest BCUT2D eigenvalue weighted by atomic mass is 19.4. The highest BCUT2D eigenvalue weighted by Gasteiger charge is 2.30. The van der Waals surface area contributed by atoms with E-state index in [9.17, 15) is 13.2 Å². The first-order valence-electron chi connectivity index (χ1n) is 4.42. The van der Waals surface area contributed by atoms with Gasteiger partial charge >= 0.3 is 6.18 Å². The standard InChI is InChI=1S/C11H9F3/c12-11(13,14)10-3-1-2-9(7-10)6-8-4-5-8/h1-3,6-7H,4-5H2. The Hall–Kier alpha value is -1.25. The van der Waals surface area contributed by atoms with Gasteiger partial charge < -0.3 is 0 Å². The zero-order valence-corrected chi connectivity index (χ0v) is 7.43. The van der Waals surface area contributed by atoms with Gasteiger partial charge in [0.2, 0.25) is 0 Å². The van der Waals surface area contributed by atoms with Crippen LogP contribution in [-0.2, 0) is 6.18 Å². The first-order valence-corrected chi connectivity index (χ1v) is 4.42. The summed E-state index contributed by atoms with van der Waals surface area (Å²) >= 11 is 0. The highest BCUT2D eigenvalue weighted by molar-refractivity contribution is 5.57. The maximum atomic E-state index is 12.3. The summed E-state index contributed by atoms with van der Waals surface area (Å²) in [5, 5.41) is 0. The van der Waals surface area contributed by atoms with Crippen LogP contribution in [0.3, 0.4) is 0 Å². The minimum absolute atomic E-state index is 0.576. The molecule has 74 valence electrons. The molecule has 0 bridgehead atoms. The molecule has 1 aromatic carbocycles. The van der Waals surface area contributed by atoms with Gasteiger partial charge in [0.25, 0.3) is 0 Å². The van der Waals surface area contributed by atoms with Crippen molar-refractivity contribution in [1.82, 2.24) is 0 Å². The molecule has 0 atom stereocenters. The lowest BCUT2D eigenvalue weighted by Crippen LogP contribution is -2.04. The summed E-state index contributed by atoms with van der Waals surface area (Å²) in [5.74, 6) is 0. The zero-order valence-electron chi connectivity index (χ0n) is 7.43. The maximum Gasteiger partial charge on any atom is 0.416 e. The second kappa shape index (κ2) is 3.15. The minimum atomic E-state index is -4.24. The van der Waals surface area contributed by atoms with Crippen LogP contribution < -0.4 is 0 Å². The minimum Gasteiger partial charge on any atom is -0.166 e. The van der Waals surface area contributed by atoms with Crippen molar-refractivity contribution < 1.29 is 13.2 Å². The molecule has 0 N–H and O–H groups in total. The molecule has 0 amide bonds. The van der Waals surface area contributed by atoms with Crippen LogP contribution in [0.25, 0.3) is 6.08 Å². The van der Waals surface area contributed by atoms with Crippen LogP contribution in [-0.4, -0.2) is 0 Å². The molecule has 1 aromatic rings. The number of allylic oxidation sites excluding steroid dienone is 1. The Balaban J connectivity index is 2.31. The number of alkyl halides is 3. The summed E-state index contributed by atoms with van der Waals surface area (Å²) in [4.78, 5) is 0. The van der Waals surface area contributed by atoms with Crippen molar-refractivity contribution in [2.45, 2.75) is 19.0 Å². The Bertz CT molecular complexity index is 368. The summed E-state index contributed by atoms with van der Waals surface area (Å²) in [6.45, 7) is 0. The number of halogens is 3. The fourth-order valence-electron chi connectivity index (χ4n) is 1.26. The third-order valence-electron chi connectivity index (χ3n) is 2.12. The fraction of sp³-hybridized carbons (Fsp3) is 0.273. The molecule has 3 heteroatoms. The van der Waals surface area contributed by atoms with Gasteiger partial charge in [-0.3, -0.25) is 0 Å². The molecule has 0 heterocycles. The molecule has 0 unspecified atom stereocenters. The first-order chi connectivity index (χ1) is 6.55. The number of hydrogen-bond donors (Lipinski definition) is 0. The number of benzene rings is 1. The summed E-state index contributed by atoms with van der Waals surface area (Å²) in [6, 6.07) is 5.42. The van der Waals surface area contributed by atoms with E-state index < -0.39 is 11.7 Å². The average molecular weight is 198 g/mol. The molecule has 0 nitrogen and oxygen atoms in total. The van der Waals surface area contributed by atoms with Crippen molar-refractivity contribution in [3.05, 3.63) is 41.0 Å². The van der Waals surface area contributed by atoms with Crippen LogP contribution in [0, 0.1) is 0 Å². The van der Waals surface area contributed by atoms with E-state index in [1.54, 1.807) is 6.07 Å². The lowest BCUT2D eigenvalue weighted by Gasteiger charge is -2.06. The van der Waals surface area contributed by atoms with Crippen molar-refractivity contribution in [3.8, 4) is 0 Å². The van der Waals surface area contributed by atoms with E-state index in [1.165, 1.54) is 17.7 Å². The van der Waals surface area contributed by atoms with Crippen LogP contribution in [0.15, 0.2) is 29.8 Å². The van der Waals surface area contributed by atoms with Crippen LogP contribution in [0.5, 0.6) is 0 Å². The third kappa shape index (κ3) is 2.16. The fourth-order valence-corrected chi connectivity index (χ4v) is 1.26. The molecule has 1 aliphatic rings. The van der Waals surface area contributed by atoms with Crippen LogP contribution >= 0.6 is 0 Å². The molecule has 14 heavy (non-hydrogen) atoms. The Labute approximate surface area is 80.1 Å². The second-order valence-corrected chi connectivity index (χ2v) is 3.43. The lowest BCUT2D eigenvalue weighted by molar-refractivity contribution is -0.137. The molecule has 1 aliphatic carbocycles. The predicted molar refractivity (Wildman–Crippen MR) is 48.7 cm³/mol. The van der Waals surface area contributed by atoms with Crippen molar-refractivity contribution in [1.29, 1.82) is 0 Å². The van der Waals surface area contributed by atoms with E-state index in [0.29, 0.717) is 5.56 Å². The zero-order chi connectivity index (χ0) is 10.2. The normalized spacial score (nSPS) is 15.5. The first kappa shape index (κ1) is 9.31. The van der Waals surface area contributed by atoms with E-state index in [0.717, 1.165) is 18.9 Å². The summed E-state index contributed by atoms with van der Waals surface area (Å²) in [5.41, 5.74) is 1.30. The average Bonchev–Trinajstić information content (AvgIpc) is 2.87. The Kier molecular flexibility index (Phi) is 2.10. The molecule has 0 aromatic heterocycles. The maximum absolute atomic E-state index is 12.3. The van der Waals surface area contributed by atoms with Crippen molar-refractivity contribution in [2.24, 2.45) is 0 Å². The van der Waals surface area contributed by atoms with Gasteiger partial charge in [0.1, 0.15) is 0 Å². The molecule has 2 rings (SSSR count). The Morgan fingerprint density at radius 2 is 1.86 bits per heavy atom. The molecule has 0 spiro atoms. The van der Waals surface area contributed by atoms with E-state index in [1.807, 2.05) is 6.08 Å². The van der Waals surface area contributed by atoms with Crippen LogP contribution in [0.4, 0.5) is 13.2 Å². The molecular weight excluding hydrogens is 189 g/mol. The molecule has 0 radical (unpaired) electrons. The number of rotatable bonds is 1. The third-order valence-corrected chi connectivity index (χ3v) is 2.12. The highest BCUT2D eigenvalue weighted by Crippen LogP contribution is 2.33. The Morgan fingerprint density at radius 1 is 1.14 bits per heavy atom. The lowest BCUT2D eigenvalue weighted by atomic mass is 10.1. The van der Waals surface area contributed by atoms with Gasteiger partial charge in [-0.1, -0.05) is 23.8 Å². The van der Waals surface area contributed by atoms with Crippen LogP contribution in [0.1, 0.15) is 24.0 Å². The van der Waals surface area contributed by atoms with Gasteiger partial charge in [-0.2, -0.15) is 13.2 Å². The summed E-state index contributed by atoms with van der Waals surface area (Å²) < 4.78 is 36.9. The van der Waals surface area contributed by atoms with Crippen molar-refractivity contribution in [2.75, 3.05) is 0 Å². The van der Waals surface area contributed by atoms with E-state index in [2.05, 4.69) is 0 Å². The van der Waals surface area contributed by atoms with Gasteiger partial charge in [-0.25, -0.2) is 0 Å². The van der Waals surface area contributed by atoms with E-state index in [-0.39, 0.29) is 0 Å².